The number of amides is 3. The van der Waals surface area contributed by atoms with Crippen LogP contribution in [0.3, 0.4) is 0 Å². The fraction of sp³-hybridized carbons (Fsp3) is 0.245. The second-order valence-corrected chi connectivity index (χ2v) is 17.8. The van der Waals surface area contributed by atoms with Gasteiger partial charge in [-0.2, -0.15) is 4.68 Å². The van der Waals surface area contributed by atoms with Crippen molar-refractivity contribution in [2.24, 2.45) is 10.2 Å². The van der Waals surface area contributed by atoms with Crippen LogP contribution >= 0.6 is 22.7 Å². The molecule has 18 nitrogen and oxygen atoms in total. The SMILES string of the molecule is O=C(Cn1ccc2cc(C(=O)NCCc3ccc(NCCNC4CC4)cc3)cnc21)NCCOCCNC(=O)c1ccc(-c2csc(-n3[nH]c(-c4ccccc4)c(N=Nc4nccs4)c3=O)n2)cc1. The Morgan fingerprint density at radius 3 is 2.36 bits per heavy atom. The van der Waals surface area contributed by atoms with E-state index < -0.39 is 5.56 Å². The normalized spacial score (nSPS) is 12.4. The van der Waals surface area contributed by atoms with Gasteiger partial charge in [-0.25, -0.2) is 15.0 Å². The molecule has 0 spiro atoms. The number of H-pyrrole nitrogens is 1. The zero-order chi connectivity index (χ0) is 47.4. The fourth-order valence-corrected chi connectivity index (χ4v) is 8.58. The predicted molar refractivity (Wildman–Crippen MR) is 267 cm³/mol. The standard InChI is InChI=1S/C49H49N13O5S2/c63-41(30-61-24-17-36-28-37(29-56-44(36)61)46(65)53-18-16-32-6-12-38(13-7-32)50-19-20-51-39-14-15-39)52-21-25-67-26-22-54-45(64)35-10-8-33(9-11-35)40-31-69-49(57-40)62-47(66)43(58-59-48-55-23-27-68-48)42(60-62)34-4-2-1-3-5-34/h1-13,17,23-24,27-29,31,39,50-51,60H,14-16,18-22,25-26,30H2,(H,52,63)(H,53,65)(H,54,64). The van der Waals surface area contributed by atoms with Gasteiger partial charge in [-0.05, 0) is 61.2 Å². The van der Waals surface area contributed by atoms with Crippen molar-refractivity contribution in [2.45, 2.75) is 31.8 Å². The number of hydrogen-bond acceptors (Lipinski definition) is 14. The van der Waals surface area contributed by atoms with E-state index >= 15 is 0 Å². The van der Waals surface area contributed by atoms with E-state index in [0.29, 0.717) is 57.4 Å². The Morgan fingerprint density at radius 2 is 1.58 bits per heavy atom. The van der Waals surface area contributed by atoms with Crippen LogP contribution < -0.4 is 32.1 Å². The summed E-state index contributed by atoms with van der Waals surface area (Å²) in [6, 6.07) is 29.0. The Morgan fingerprint density at radius 1 is 0.797 bits per heavy atom. The van der Waals surface area contributed by atoms with Gasteiger partial charge in [0, 0.05) is 95.9 Å². The molecule has 1 aliphatic rings. The number of nitrogens with one attached hydrogen (secondary N) is 6. The molecule has 3 aromatic carbocycles. The van der Waals surface area contributed by atoms with Crippen LogP contribution in [0.4, 0.5) is 16.5 Å². The molecule has 20 heteroatoms. The van der Waals surface area contributed by atoms with E-state index in [1.54, 1.807) is 52.7 Å². The van der Waals surface area contributed by atoms with Gasteiger partial charge < -0.3 is 35.9 Å². The highest BCUT2D eigenvalue weighted by molar-refractivity contribution is 7.13. The minimum Gasteiger partial charge on any atom is -0.384 e. The quantitative estimate of drug-likeness (QED) is 0.0288. The summed E-state index contributed by atoms with van der Waals surface area (Å²) in [6.07, 6.45) is 8.20. The van der Waals surface area contributed by atoms with Gasteiger partial charge in [-0.15, -0.1) is 32.9 Å². The van der Waals surface area contributed by atoms with Crippen molar-refractivity contribution in [3.05, 3.63) is 147 Å². The Bertz CT molecular complexity index is 3090. The monoisotopic (exact) mass is 963 g/mol. The molecule has 1 fully saturated rings. The minimum absolute atomic E-state index is 0.0533. The topological polar surface area (TPSA) is 227 Å². The van der Waals surface area contributed by atoms with Crippen molar-refractivity contribution in [1.82, 2.24) is 50.6 Å². The summed E-state index contributed by atoms with van der Waals surface area (Å²) in [5, 5.41) is 32.4. The Kier molecular flexibility index (Phi) is 15.1. The molecule has 5 heterocycles. The molecule has 1 aliphatic carbocycles. The van der Waals surface area contributed by atoms with Crippen LogP contribution in [0.2, 0.25) is 0 Å². The van der Waals surface area contributed by atoms with Gasteiger partial charge in [-0.1, -0.05) is 54.6 Å². The fourth-order valence-electron chi connectivity index (χ4n) is 7.34. The first-order chi connectivity index (χ1) is 33.8. The number of aromatic amines is 1. The van der Waals surface area contributed by atoms with Gasteiger partial charge in [0.2, 0.25) is 16.2 Å². The van der Waals surface area contributed by atoms with Crippen molar-refractivity contribution in [2.75, 3.05) is 51.3 Å². The molecule has 69 heavy (non-hydrogen) atoms. The maximum atomic E-state index is 13.6. The zero-order valence-corrected chi connectivity index (χ0v) is 39.0. The molecule has 6 N–H and O–H groups in total. The number of hydrogen-bond donors (Lipinski definition) is 6. The molecular weight excluding hydrogens is 915 g/mol. The second kappa shape index (κ2) is 22.4. The molecule has 1 saturated carbocycles. The molecular formula is C49H49N13O5S2. The maximum absolute atomic E-state index is 13.6. The number of anilines is 1. The highest BCUT2D eigenvalue weighted by Crippen LogP contribution is 2.30. The Balaban J connectivity index is 0.671. The molecule has 3 amide bonds. The van der Waals surface area contributed by atoms with Crippen LogP contribution in [0.1, 0.15) is 39.1 Å². The molecule has 0 unspecified atom stereocenters. The first-order valence-electron chi connectivity index (χ1n) is 22.5. The summed E-state index contributed by atoms with van der Waals surface area (Å²) in [4.78, 5) is 65.5. The Labute approximate surface area is 404 Å². The molecule has 0 radical (unpaired) electrons. The largest absolute Gasteiger partial charge is 0.384 e. The van der Waals surface area contributed by atoms with Gasteiger partial charge in [0.15, 0.2) is 5.69 Å². The summed E-state index contributed by atoms with van der Waals surface area (Å²) < 4.78 is 8.72. The van der Waals surface area contributed by atoms with Crippen molar-refractivity contribution in [1.29, 1.82) is 0 Å². The number of rotatable bonds is 23. The summed E-state index contributed by atoms with van der Waals surface area (Å²) >= 11 is 2.60. The van der Waals surface area contributed by atoms with Crippen LogP contribution in [-0.2, 0) is 22.5 Å². The third kappa shape index (κ3) is 12.3. The molecule has 352 valence electrons. The highest BCUT2D eigenvalue weighted by Gasteiger charge is 2.21. The third-order valence-corrected chi connectivity index (χ3v) is 12.6. The lowest BCUT2D eigenvalue weighted by Crippen LogP contribution is -2.32. The van der Waals surface area contributed by atoms with E-state index in [-0.39, 0.29) is 56.3 Å². The highest BCUT2D eigenvalue weighted by atomic mass is 32.1. The number of nitrogens with zero attached hydrogens (tertiary/aromatic N) is 7. The second-order valence-electron chi connectivity index (χ2n) is 16.1. The number of fused-ring (bicyclic) bond motifs is 1. The smallest absolute Gasteiger partial charge is 0.301 e. The first kappa shape index (κ1) is 46.5. The molecule has 0 bridgehead atoms. The summed E-state index contributed by atoms with van der Waals surface area (Å²) in [7, 11) is 0. The minimum atomic E-state index is -0.403. The number of carbonyl (C=O) groups excluding carboxylic acids is 3. The lowest BCUT2D eigenvalue weighted by Gasteiger charge is -2.10. The number of pyridine rings is 1. The van der Waals surface area contributed by atoms with E-state index in [1.807, 2.05) is 41.8 Å². The van der Waals surface area contributed by atoms with Crippen LogP contribution in [0, 0.1) is 0 Å². The average molecular weight is 964 g/mol. The van der Waals surface area contributed by atoms with E-state index in [9.17, 15) is 19.2 Å². The van der Waals surface area contributed by atoms with Crippen LogP contribution in [-0.4, -0.2) is 99.0 Å². The van der Waals surface area contributed by atoms with Crippen LogP contribution in [0.15, 0.2) is 135 Å². The third-order valence-electron chi connectivity index (χ3n) is 11.1. The molecule has 0 atom stereocenters. The van der Waals surface area contributed by atoms with E-state index in [2.05, 4.69) is 76.1 Å². The Hall–Kier alpha value is -7.65. The van der Waals surface area contributed by atoms with Crippen molar-refractivity contribution in [3.8, 4) is 27.6 Å². The molecule has 0 aliphatic heterocycles. The van der Waals surface area contributed by atoms with Gasteiger partial charge in [-0.3, -0.25) is 24.3 Å². The predicted octanol–water partition coefficient (Wildman–Crippen LogP) is 6.88. The van der Waals surface area contributed by atoms with Crippen molar-refractivity contribution in [3.63, 3.8) is 0 Å². The van der Waals surface area contributed by atoms with E-state index in [4.69, 9.17) is 9.72 Å². The maximum Gasteiger partial charge on any atom is 0.301 e. The lowest BCUT2D eigenvalue weighted by atomic mass is 10.1. The molecule has 8 aromatic rings. The van der Waals surface area contributed by atoms with Crippen LogP contribution in [0.5, 0.6) is 0 Å². The number of carbonyl (C=O) groups is 3. The first-order valence-corrected chi connectivity index (χ1v) is 24.3. The van der Waals surface area contributed by atoms with Gasteiger partial charge >= 0.3 is 5.56 Å². The lowest BCUT2D eigenvalue weighted by molar-refractivity contribution is -0.121. The molecule has 0 saturated heterocycles. The van der Waals surface area contributed by atoms with Gasteiger partial charge in [0.1, 0.15) is 12.2 Å². The average Bonchev–Trinajstić information content (AvgIpc) is 3.72. The van der Waals surface area contributed by atoms with Crippen molar-refractivity contribution < 1.29 is 19.1 Å². The zero-order valence-electron chi connectivity index (χ0n) is 37.4. The summed E-state index contributed by atoms with van der Waals surface area (Å²) in [5.41, 5.74) is 6.14. The van der Waals surface area contributed by atoms with E-state index in [0.717, 1.165) is 40.9 Å². The van der Waals surface area contributed by atoms with Crippen LogP contribution in [0.25, 0.3) is 38.7 Å². The number of azo groups is 1. The number of thiazole rings is 2. The van der Waals surface area contributed by atoms with Gasteiger partial charge in [0.25, 0.3) is 11.8 Å². The summed E-state index contributed by atoms with van der Waals surface area (Å²) in [5.74, 6) is -0.681. The van der Waals surface area contributed by atoms with E-state index in [1.165, 1.54) is 46.4 Å². The van der Waals surface area contributed by atoms with Gasteiger partial charge in [0.05, 0.1) is 30.2 Å². The number of aromatic nitrogens is 6. The van der Waals surface area contributed by atoms with Crippen molar-refractivity contribution >= 4 is 67.9 Å². The number of benzene rings is 3. The summed E-state index contributed by atoms with van der Waals surface area (Å²) in [6.45, 7) is 3.46. The number of ether oxygens (including phenoxy) is 1. The molecule has 9 rings (SSSR count). The molecule has 5 aromatic heterocycles.